The Morgan fingerprint density at radius 3 is 2.68 bits per heavy atom. The number of nitrogens with zero attached hydrogens (tertiary/aromatic N) is 2. The van der Waals surface area contributed by atoms with E-state index in [2.05, 4.69) is 11.4 Å². The Bertz CT molecular complexity index is 959. The second-order valence-corrected chi connectivity index (χ2v) is 7.43. The van der Waals surface area contributed by atoms with E-state index in [-0.39, 0.29) is 44.2 Å². The van der Waals surface area contributed by atoms with Crippen molar-refractivity contribution >= 4 is 29.1 Å². The SMILES string of the molecule is N#CCCN(C(=O)CCC(=O)NCc1cc(Cl)c2c(c1)OCCCO2)c1ccccc1. The van der Waals surface area contributed by atoms with Gasteiger partial charge in [-0.05, 0) is 29.8 Å². The van der Waals surface area contributed by atoms with E-state index in [1.165, 1.54) is 0 Å². The van der Waals surface area contributed by atoms with Gasteiger partial charge in [0.1, 0.15) is 0 Å². The molecule has 2 aromatic rings. The standard InChI is InChI=1S/C23H24ClN3O4/c24-19-14-17(15-20-23(19)31-13-5-12-30-20)16-26-21(28)8-9-22(29)27(11-4-10-25)18-6-2-1-3-7-18/h1-3,6-7,14-15H,4-5,8-9,11-13,16H2,(H,26,28). The van der Waals surface area contributed by atoms with E-state index in [1.54, 1.807) is 17.0 Å². The molecule has 7 nitrogen and oxygen atoms in total. The summed E-state index contributed by atoms with van der Waals surface area (Å²) in [6, 6.07) is 14.7. The Morgan fingerprint density at radius 2 is 1.90 bits per heavy atom. The fourth-order valence-electron chi connectivity index (χ4n) is 3.20. The van der Waals surface area contributed by atoms with Crippen molar-refractivity contribution in [2.45, 2.75) is 32.2 Å². The monoisotopic (exact) mass is 441 g/mol. The van der Waals surface area contributed by atoms with Crippen LogP contribution in [0.5, 0.6) is 11.5 Å². The molecule has 2 amide bonds. The molecule has 8 heteroatoms. The largest absolute Gasteiger partial charge is 0.489 e. The van der Waals surface area contributed by atoms with E-state index in [4.69, 9.17) is 26.3 Å². The highest BCUT2D eigenvalue weighted by atomic mass is 35.5. The number of rotatable bonds is 8. The minimum absolute atomic E-state index is 0.0486. The first-order valence-corrected chi connectivity index (χ1v) is 10.5. The van der Waals surface area contributed by atoms with Crippen LogP contribution in [0.1, 0.15) is 31.2 Å². The normalized spacial score (nSPS) is 12.4. The maximum Gasteiger partial charge on any atom is 0.227 e. The van der Waals surface area contributed by atoms with Gasteiger partial charge in [-0.15, -0.1) is 0 Å². The predicted octanol–water partition coefficient (Wildman–Crippen LogP) is 3.84. The van der Waals surface area contributed by atoms with Gasteiger partial charge in [0.25, 0.3) is 0 Å². The zero-order valence-electron chi connectivity index (χ0n) is 17.1. The number of ether oxygens (including phenoxy) is 2. The van der Waals surface area contributed by atoms with Crippen LogP contribution in [0.15, 0.2) is 42.5 Å². The molecule has 1 aliphatic rings. The van der Waals surface area contributed by atoms with Crippen molar-refractivity contribution < 1.29 is 19.1 Å². The summed E-state index contributed by atoms with van der Waals surface area (Å²) in [7, 11) is 0. The van der Waals surface area contributed by atoms with Crippen LogP contribution in [0.25, 0.3) is 0 Å². The van der Waals surface area contributed by atoms with Crippen molar-refractivity contribution in [3.05, 3.63) is 53.1 Å². The number of halogens is 1. The van der Waals surface area contributed by atoms with Crippen molar-refractivity contribution in [2.75, 3.05) is 24.7 Å². The Labute approximate surface area is 186 Å². The molecule has 1 N–H and O–H groups in total. The predicted molar refractivity (Wildman–Crippen MR) is 117 cm³/mol. The quantitative estimate of drug-likeness (QED) is 0.671. The second kappa shape index (κ2) is 11.2. The molecule has 0 spiro atoms. The van der Waals surface area contributed by atoms with Gasteiger partial charge >= 0.3 is 0 Å². The van der Waals surface area contributed by atoms with Crippen LogP contribution in [-0.2, 0) is 16.1 Å². The van der Waals surface area contributed by atoms with Gasteiger partial charge in [-0.3, -0.25) is 9.59 Å². The van der Waals surface area contributed by atoms with Crippen LogP contribution < -0.4 is 19.7 Å². The summed E-state index contributed by atoms with van der Waals surface area (Å²) in [6.45, 7) is 1.65. The summed E-state index contributed by atoms with van der Waals surface area (Å²) < 4.78 is 11.3. The molecular weight excluding hydrogens is 418 g/mol. The maximum absolute atomic E-state index is 12.7. The van der Waals surface area contributed by atoms with Crippen molar-refractivity contribution in [3.63, 3.8) is 0 Å². The highest BCUT2D eigenvalue weighted by molar-refractivity contribution is 6.32. The Kier molecular flexibility index (Phi) is 8.13. The van der Waals surface area contributed by atoms with Crippen LogP contribution in [0.3, 0.4) is 0 Å². The number of nitriles is 1. The number of nitrogens with one attached hydrogen (secondary N) is 1. The van der Waals surface area contributed by atoms with Gasteiger partial charge in [-0.2, -0.15) is 5.26 Å². The molecular formula is C23H24ClN3O4. The number of para-hydroxylation sites is 1. The molecule has 0 atom stereocenters. The van der Waals surface area contributed by atoms with Crippen molar-refractivity contribution in [2.24, 2.45) is 0 Å². The van der Waals surface area contributed by atoms with Gasteiger partial charge in [-0.1, -0.05) is 29.8 Å². The number of fused-ring (bicyclic) bond motifs is 1. The Balaban J connectivity index is 1.54. The van der Waals surface area contributed by atoms with Crippen LogP contribution in [0.4, 0.5) is 5.69 Å². The van der Waals surface area contributed by atoms with Crippen molar-refractivity contribution in [1.82, 2.24) is 5.32 Å². The number of anilines is 1. The first-order valence-electron chi connectivity index (χ1n) is 10.2. The molecule has 2 aromatic carbocycles. The van der Waals surface area contributed by atoms with E-state index in [0.29, 0.717) is 35.4 Å². The molecule has 162 valence electrons. The summed E-state index contributed by atoms with van der Waals surface area (Å²) in [5.41, 5.74) is 1.50. The molecule has 0 radical (unpaired) electrons. The summed E-state index contributed by atoms with van der Waals surface area (Å²) >= 11 is 6.28. The fourth-order valence-corrected chi connectivity index (χ4v) is 3.49. The first-order chi connectivity index (χ1) is 15.1. The van der Waals surface area contributed by atoms with E-state index in [9.17, 15) is 9.59 Å². The molecule has 0 aromatic heterocycles. The van der Waals surface area contributed by atoms with Gasteiger partial charge in [0.05, 0.1) is 30.7 Å². The lowest BCUT2D eigenvalue weighted by atomic mass is 10.2. The summed E-state index contributed by atoms with van der Waals surface area (Å²) in [6.07, 6.45) is 1.10. The zero-order valence-corrected chi connectivity index (χ0v) is 17.9. The highest BCUT2D eigenvalue weighted by Crippen LogP contribution is 2.37. The number of hydrogen-bond donors (Lipinski definition) is 1. The smallest absolute Gasteiger partial charge is 0.227 e. The van der Waals surface area contributed by atoms with E-state index >= 15 is 0 Å². The number of carbonyl (C=O) groups is 2. The molecule has 0 unspecified atom stereocenters. The third kappa shape index (κ3) is 6.37. The van der Waals surface area contributed by atoms with Gasteiger partial charge < -0.3 is 19.7 Å². The molecule has 0 fully saturated rings. The van der Waals surface area contributed by atoms with Gasteiger partial charge in [-0.25, -0.2) is 0 Å². The Hall–Kier alpha value is -3.24. The summed E-state index contributed by atoms with van der Waals surface area (Å²) in [5, 5.41) is 12.1. The fraction of sp³-hybridized carbons (Fsp3) is 0.348. The molecule has 0 saturated carbocycles. The van der Waals surface area contributed by atoms with E-state index in [1.807, 2.05) is 30.3 Å². The van der Waals surface area contributed by atoms with Crippen LogP contribution >= 0.6 is 11.6 Å². The second-order valence-electron chi connectivity index (χ2n) is 7.02. The van der Waals surface area contributed by atoms with Crippen LogP contribution in [-0.4, -0.2) is 31.6 Å². The third-order valence-electron chi connectivity index (χ3n) is 4.73. The van der Waals surface area contributed by atoms with Crippen molar-refractivity contribution in [3.8, 4) is 17.6 Å². The molecule has 1 aliphatic heterocycles. The van der Waals surface area contributed by atoms with Gasteiger partial charge in [0.2, 0.25) is 11.8 Å². The van der Waals surface area contributed by atoms with Gasteiger partial charge in [0.15, 0.2) is 11.5 Å². The topological polar surface area (TPSA) is 91.7 Å². The molecule has 3 rings (SSSR count). The number of hydrogen-bond acceptors (Lipinski definition) is 5. The van der Waals surface area contributed by atoms with E-state index < -0.39 is 0 Å². The average molecular weight is 442 g/mol. The molecule has 1 heterocycles. The molecule has 0 saturated heterocycles. The third-order valence-corrected chi connectivity index (χ3v) is 5.01. The van der Waals surface area contributed by atoms with Crippen LogP contribution in [0.2, 0.25) is 5.02 Å². The number of carbonyl (C=O) groups excluding carboxylic acids is 2. The van der Waals surface area contributed by atoms with Crippen molar-refractivity contribution in [1.29, 1.82) is 5.26 Å². The highest BCUT2D eigenvalue weighted by Gasteiger charge is 2.18. The lowest BCUT2D eigenvalue weighted by Crippen LogP contribution is -2.33. The lowest BCUT2D eigenvalue weighted by molar-refractivity contribution is -0.125. The maximum atomic E-state index is 12.7. The lowest BCUT2D eigenvalue weighted by Gasteiger charge is -2.21. The zero-order chi connectivity index (χ0) is 22.1. The summed E-state index contributed by atoms with van der Waals surface area (Å²) in [4.78, 5) is 26.5. The Morgan fingerprint density at radius 1 is 1.13 bits per heavy atom. The molecule has 0 aliphatic carbocycles. The number of amides is 2. The average Bonchev–Trinajstić information content (AvgIpc) is 3.03. The minimum Gasteiger partial charge on any atom is -0.489 e. The minimum atomic E-state index is -0.245. The molecule has 0 bridgehead atoms. The summed E-state index contributed by atoms with van der Waals surface area (Å²) in [5.74, 6) is 0.652. The van der Waals surface area contributed by atoms with Gasteiger partial charge in [0, 0.05) is 38.0 Å². The number of benzene rings is 2. The van der Waals surface area contributed by atoms with Crippen LogP contribution in [0, 0.1) is 11.3 Å². The first kappa shape index (κ1) is 22.4. The van der Waals surface area contributed by atoms with E-state index in [0.717, 1.165) is 12.0 Å². The molecule has 31 heavy (non-hydrogen) atoms.